The number of thiocarbonyl (C=S) groups is 1. The molecule has 1 fully saturated rings. The zero-order valence-electron chi connectivity index (χ0n) is 13.8. The first-order valence-corrected chi connectivity index (χ1v) is 9.00. The van der Waals surface area contributed by atoms with Crippen molar-refractivity contribution in [1.82, 2.24) is 0 Å². The molecule has 0 aromatic heterocycles. The van der Waals surface area contributed by atoms with E-state index >= 15 is 0 Å². The number of benzene rings is 2. The number of methoxy groups -OCH3 is 2. The van der Waals surface area contributed by atoms with Crippen LogP contribution in [0.1, 0.15) is 5.56 Å². The van der Waals surface area contributed by atoms with Crippen LogP contribution < -0.4 is 14.4 Å². The van der Waals surface area contributed by atoms with Crippen LogP contribution in [0, 0.1) is 5.82 Å². The number of hydrogen-bond donors (Lipinski definition) is 0. The Balaban J connectivity index is 1.99. The molecule has 0 radical (unpaired) electrons. The lowest BCUT2D eigenvalue weighted by molar-refractivity contribution is -0.113. The first-order chi connectivity index (χ1) is 12.5. The molecule has 0 spiro atoms. The molecule has 0 N–H and O–H groups in total. The van der Waals surface area contributed by atoms with Gasteiger partial charge in [0.15, 0.2) is 15.8 Å². The van der Waals surface area contributed by atoms with E-state index < -0.39 is 11.7 Å². The number of thioether (sulfide) groups is 1. The van der Waals surface area contributed by atoms with Gasteiger partial charge in [0.05, 0.1) is 29.8 Å². The highest BCUT2D eigenvalue weighted by atomic mass is 35.5. The first-order valence-electron chi connectivity index (χ1n) is 7.40. The summed E-state index contributed by atoms with van der Waals surface area (Å²) in [5.74, 6) is -0.0590. The first kappa shape index (κ1) is 18.7. The summed E-state index contributed by atoms with van der Waals surface area (Å²) in [5.41, 5.74) is 0.769. The molecular weight excluding hydrogens is 397 g/mol. The molecule has 2 aromatic rings. The fourth-order valence-corrected chi connectivity index (χ4v) is 4.06. The van der Waals surface area contributed by atoms with E-state index in [2.05, 4.69) is 0 Å². The third-order valence-electron chi connectivity index (χ3n) is 3.64. The molecule has 1 heterocycles. The van der Waals surface area contributed by atoms with Crippen molar-refractivity contribution < 1.29 is 18.7 Å². The number of anilines is 1. The molecule has 0 bridgehead atoms. The monoisotopic (exact) mass is 409 g/mol. The Bertz CT molecular complexity index is 933. The zero-order valence-corrected chi connectivity index (χ0v) is 16.2. The molecular formula is C18H13ClFNO3S2. The highest BCUT2D eigenvalue weighted by Gasteiger charge is 2.34. The number of hydrogen-bond acceptors (Lipinski definition) is 5. The van der Waals surface area contributed by atoms with Gasteiger partial charge in [0.1, 0.15) is 5.82 Å². The van der Waals surface area contributed by atoms with Crippen LogP contribution in [0.5, 0.6) is 11.5 Å². The second kappa shape index (κ2) is 7.65. The third kappa shape index (κ3) is 3.42. The predicted octanol–water partition coefficient (Wildman–Crippen LogP) is 4.90. The fraction of sp³-hybridized carbons (Fsp3) is 0.111. The summed E-state index contributed by atoms with van der Waals surface area (Å²) in [4.78, 5) is 14.3. The van der Waals surface area contributed by atoms with Crippen molar-refractivity contribution in [2.45, 2.75) is 0 Å². The van der Waals surface area contributed by atoms with Gasteiger partial charge in [0, 0.05) is 0 Å². The molecule has 4 nitrogen and oxygen atoms in total. The summed E-state index contributed by atoms with van der Waals surface area (Å²) in [6.45, 7) is 0. The lowest BCUT2D eigenvalue weighted by Crippen LogP contribution is -2.28. The minimum atomic E-state index is -0.515. The Morgan fingerprint density at radius 3 is 2.62 bits per heavy atom. The largest absolute Gasteiger partial charge is 0.493 e. The van der Waals surface area contributed by atoms with Crippen LogP contribution in [0.4, 0.5) is 10.1 Å². The number of amides is 1. The van der Waals surface area contributed by atoms with Crippen molar-refractivity contribution >= 4 is 57.6 Å². The molecule has 1 saturated heterocycles. The summed E-state index contributed by atoms with van der Waals surface area (Å²) < 4.78 is 24.8. The molecule has 8 heteroatoms. The predicted molar refractivity (Wildman–Crippen MR) is 107 cm³/mol. The lowest BCUT2D eigenvalue weighted by Gasteiger charge is -2.15. The smallest absolute Gasteiger partial charge is 0.270 e. The van der Waals surface area contributed by atoms with E-state index in [1.165, 1.54) is 31.3 Å². The van der Waals surface area contributed by atoms with Gasteiger partial charge in [-0.1, -0.05) is 47.7 Å². The van der Waals surface area contributed by atoms with Crippen molar-refractivity contribution in [1.29, 1.82) is 0 Å². The number of para-hydroxylation sites is 1. The summed E-state index contributed by atoms with van der Waals surface area (Å²) in [7, 11) is 2.98. The lowest BCUT2D eigenvalue weighted by atomic mass is 10.1. The standard InChI is InChI=1S/C18H13ClFNO3S2/c1-23-14-8-10(7-11(19)16(14)24-2)9-15-17(22)21(18(25)26-15)13-6-4-3-5-12(13)20/h3-9H,1-2H3/b15-9+. The molecule has 3 rings (SSSR count). The van der Waals surface area contributed by atoms with Crippen molar-refractivity contribution in [3.63, 3.8) is 0 Å². The maximum absolute atomic E-state index is 14.0. The topological polar surface area (TPSA) is 38.8 Å². The van der Waals surface area contributed by atoms with Crippen LogP contribution in [-0.4, -0.2) is 24.4 Å². The van der Waals surface area contributed by atoms with E-state index in [9.17, 15) is 9.18 Å². The molecule has 2 aromatic carbocycles. The SMILES string of the molecule is COc1cc(/C=C2/SC(=S)N(c3ccccc3F)C2=O)cc(Cl)c1OC. The maximum Gasteiger partial charge on any atom is 0.270 e. The number of carbonyl (C=O) groups excluding carboxylic acids is 1. The number of ether oxygens (including phenoxy) is 2. The van der Waals surface area contributed by atoms with E-state index in [0.29, 0.717) is 27.0 Å². The van der Waals surface area contributed by atoms with Crippen molar-refractivity contribution in [3.05, 3.63) is 57.7 Å². The normalized spacial score (nSPS) is 15.7. The number of carbonyl (C=O) groups is 1. The Morgan fingerprint density at radius 1 is 1.23 bits per heavy atom. The van der Waals surface area contributed by atoms with Crippen molar-refractivity contribution in [2.24, 2.45) is 0 Å². The van der Waals surface area contributed by atoms with Gasteiger partial charge in [-0.15, -0.1) is 0 Å². The van der Waals surface area contributed by atoms with Gasteiger partial charge in [-0.2, -0.15) is 0 Å². The molecule has 26 heavy (non-hydrogen) atoms. The van der Waals surface area contributed by atoms with Crippen LogP contribution in [0.15, 0.2) is 41.3 Å². The second-order valence-electron chi connectivity index (χ2n) is 5.21. The summed E-state index contributed by atoms with van der Waals surface area (Å²) in [6.07, 6.45) is 1.63. The van der Waals surface area contributed by atoms with Gasteiger partial charge in [0.2, 0.25) is 0 Å². The quantitative estimate of drug-likeness (QED) is 0.530. The highest BCUT2D eigenvalue weighted by Crippen LogP contribution is 2.40. The molecule has 0 aliphatic carbocycles. The number of halogens is 2. The molecule has 0 atom stereocenters. The Labute approximate surface area is 164 Å². The van der Waals surface area contributed by atoms with Gasteiger partial charge in [-0.05, 0) is 35.9 Å². The average Bonchev–Trinajstić information content (AvgIpc) is 2.88. The summed E-state index contributed by atoms with van der Waals surface area (Å²) >= 11 is 12.6. The van der Waals surface area contributed by atoms with E-state index in [4.69, 9.17) is 33.3 Å². The van der Waals surface area contributed by atoms with Crippen molar-refractivity contribution in [2.75, 3.05) is 19.1 Å². The molecule has 0 unspecified atom stereocenters. The fourth-order valence-electron chi connectivity index (χ4n) is 2.48. The third-order valence-corrected chi connectivity index (χ3v) is 5.22. The van der Waals surface area contributed by atoms with Gasteiger partial charge in [-0.25, -0.2) is 4.39 Å². The summed E-state index contributed by atoms with van der Waals surface area (Å²) in [5, 5.41) is 0.350. The molecule has 1 amide bonds. The zero-order chi connectivity index (χ0) is 18.8. The average molecular weight is 410 g/mol. The van der Waals surface area contributed by atoms with Gasteiger partial charge >= 0.3 is 0 Å². The van der Waals surface area contributed by atoms with Crippen LogP contribution >= 0.6 is 35.6 Å². The maximum atomic E-state index is 14.0. The van der Waals surface area contributed by atoms with E-state index in [1.54, 1.807) is 30.3 Å². The Morgan fingerprint density at radius 2 is 1.96 bits per heavy atom. The van der Waals surface area contributed by atoms with Crippen LogP contribution in [0.3, 0.4) is 0 Å². The highest BCUT2D eigenvalue weighted by molar-refractivity contribution is 8.27. The molecule has 0 saturated carbocycles. The minimum absolute atomic E-state index is 0.128. The van der Waals surface area contributed by atoms with E-state index in [0.717, 1.165) is 11.8 Å². The van der Waals surface area contributed by atoms with Gasteiger partial charge in [0.25, 0.3) is 5.91 Å². The molecule has 1 aliphatic rings. The van der Waals surface area contributed by atoms with E-state index in [1.807, 2.05) is 0 Å². The van der Waals surface area contributed by atoms with Gasteiger partial charge < -0.3 is 9.47 Å². The van der Waals surface area contributed by atoms with Crippen molar-refractivity contribution in [3.8, 4) is 11.5 Å². The molecule has 134 valence electrons. The van der Waals surface area contributed by atoms with Gasteiger partial charge in [-0.3, -0.25) is 9.69 Å². The van der Waals surface area contributed by atoms with Crippen LogP contribution in [0.2, 0.25) is 5.02 Å². The minimum Gasteiger partial charge on any atom is -0.493 e. The molecule has 1 aliphatic heterocycles. The Hall–Kier alpha value is -2.09. The summed E-state index contributed by atoms with van der Waals surface area (Å²) in [6, 6.07) is 9.34. The number of rotatable bonds is 4. The Kier molecular flexibility index (Phi) is 5.50. The van der Waals surface area contributed by atoms with Crippen LogP contribution in [-0.2, 0) is 4.79 Å². The van der Waals surface area contributed by atoms with E-state index in [-0.39, 0.29) is 10.0 Å². The number of nitrogens with zero attached hydrogens (tertiary/aromatic N) is 1. The van der Waals surface area contributed by atoms with Crippen LogP contribution in [0.25, 0.3) is 6.08 Å². The second-order valence-corrected chi connectivity index (χ2v) is 7.29.